The number of nitrogens with one attached hydrogen (secondary N) is 2. The second-order valence-corrected chi connectivity index (χ2v) is 5.58. The molecular weight excluding hydrogens is 228 g/mol. The third kappa shape index (κ3) is 9.08. The van der Waals surface area contributed by atoms with E-state index in [-0.39, 0.29) is 11.8 Å². The fourth-order valence-electron chi connectivity index (χ4n) is 1.26. The molecule has 0 spiro atoms. The third-order valence-electron chi connectivity index (χ3n) is 1.97. The summed E-state index contributed by atoms with van der Waals surface area (Å²) < 4.78 is 30.9. The zero-order valence-electron chi connectivity index (χ0n) is 10.5. The van der Waals surface area contributed by atoms with Crippen LogP contribution in [0.5, 0.6) is 0 Å². The Morgan fingerprint density at radius 2 is 2.00 bits per heavy atom. The normalized spacial score (nSPS) is 13.9. The van der Waals surface area contributed by atoms with E-state index < -0.39 is 10.0 Å². The van der Waals surface area contributed by atoms with Crippen LogP contribution >= 0.6 is 0 Å². The van der Waals surface area contributed by atoms with Gasteiger partial charge in [-0.3, -0.25) is 0 Å². The Morgan fingerprint density at radius 1 is 1.31 bits per heavy atom. The van der Waals surface area contributed by atoms with E-state index in [1.165, 1.54) is 0 Å². The molecule has 0 saturated heterocycles. The van der Waals surface area contributed by atoms with Crippen molar-refractivity contribution in [3.8, 4) is 0 Å². The molecule has 0 aromatic heterocycles. The van der Waals surface area contributed by atoms with Gasteiger partial charge >= 0.3 is 0 Å². The SMILES string of the molecule is CCNCCCS(=O)(=O)NC(C)COCC. The van der Waals surface area contributed by atoms with Gasteiger partial charge in [0, 0.05) is 12.6 Å². The van der Waals surface area contributed by atoms with E-state index in [9.17, 15) is 8.42 Å². The predicted octanol–water partition coefficient (Wildman–Crippen LogP) is 0.330. The van der Waals surface area contributed by atoms with Gasteiger partial charge in [0.2, 0.25) is 10.0 Å². The van der Waals surface area contributed by atoms with Gasteiger partial charge in [-0.2, -0.15) is 0 Å². The molecule has 0 bridgehead atoms. The van der Waals surface area contributed by atoms with Gasteiger partial charge in [0.05, 0.1) is 12.4 Å². The standard InChI is InChI=1S/C10H24N2O3S/c1-4-11-7-6-8-16(13,14)12-10(3)9-15-5-2/h10-12H,4-9H2,1-3H3. The Balaban J connectivity index is 3.76. The number of hydrogen-bond acceptors (Lipinski definition) is 4. The highest BCUT2D eigenvalue weighted by Gasteiger charge is 2.13. The van der Waals surface area contributed by atoms with E-state index in [2.05, 4.69) is 10.0 Å². The van der Waals surface area contributed by atoms with Crippen LogP contribution in [-0.4, -0.2) is 46.5 Å². The van der Waals surface area contributed by atoms with Crippen molar-refractivity contribution in [2.75, 3.05) is 32.1 Å². The third-order valence-corrected chi connectivity index (χ3v) is 3.56. The molecule has 0 aromatic rings. The lowest BCUT2D eigenvalue weighted by atomic mass is 10.4. The summed E-state index contributed by atoms with van der Waals surface area (Å²) in [5.41, 5.74) is 0. The van der Waals surface area contributed by atoms with Gasteiger partial charge < -0.3 is 10.1 Å². The summed E-state index contributed by atoms with van der Waals surface area (Å²) in [4.78, 5) is 0. The van der Waals surface area contributed by atoms with Crippen LogP contribution in [0.3, 0.4) is 0 Å². The predicted molar refractivity (Wildman–Crippen MR) is 66.0 cm³/mol. The van der Waals surface area contributed by atoms with Gasteiger partial charge in [-0.1, -0.05) is 6.92 Å². The smallest absolute Gasteiger partial charge is 0.211 e. The van der Waals surface area contributed by atoms with Gasteiger partial charge in [-0.15, -0.1) is 0 Å². The molecule has 0 amide bonds. The van der Waals surface area contributed by atoms with Gasteiger partial charge in [-0.05, 0) is 33.4 Å². The van der Waals surface area contributed by atoms with Crippen LogP contribution in [0.1, 0.15) is 27.2 Å². The van der Waals surface area contributed by atoms with Gasteiger partial charge in [0.15, 0.2) is 0 Å². The number of sulfonamides is 1. The molecule has 5 nitrogen and oxygen atoms in total. The maximum atomic E-state index is 11.6. The molecule has 0 fully saturated rings. The van der Waals surface area contributed by atoms with E-state index in [4.69, 9.17) is 4.74 Å². The molecule has 1 unspecified atom stereocenters. The fourth-order valence-corrected chi connectivity index (χ4v) is 2.58. The van der Waals surface area contributed by atoms with Crippen LogP contribution in [0.15, 0.2) is 0 Å². The summed E-state index contributed by atoms with van der Waals surface area (Å²) >= 11 is 0. The fraction of sp³-hybridized carbons (Fsp3) is 1.00. The average Bonchev–Trinajstić information content (AvgIpc) is 2.21. The Kier molecular flexibility index (Phi) is 8.83. The second-order valence-electron chi connectivity index (χ2n) is 3.70. The summed E-state index contributed by atoms with van der Waals surface area (Å²) in [5, 5.41) is 3.09. The molecule has 0 aliphatic heterocycles. The first-order valence-electron chi connectivity index (χ1n) is 5.80. The highest BCUT2D eigenvalue weighted by atomic mass is 32.2. The van der Waals surface area contributed by atoms with Gasteiger partial charge in [0.1, 0.15) is 0 Å². The number of hydrogen-bond donors (Lipinski definition) is 2. The topological polar surface area (TPSA) is 67.4 Å². The Bertz CT molecular complexity index is 255. The second kappa shape index (κ2) is 8.92. The van der Waals surface area contributed by atoms with E-state index >= 15 is 0 Å². The molecule has 0 heterocycles. The summed E-state index contributed by atoms with van der Waals surface area (Å²) in [6.07, 6.45) is 0.629. The minimum Gasteiger partial charge on any atom is -0.380 e. The monoisotopic (exact) mass is 252 g/mol. The molecule has 0 radical (unpaired) electrons. The average molecular weight is 252 g/mol. The summed E-state index contributed by atoms with van der Waals surface area (Å²) in [6, 6.07) is -0.163. The van der Waals surface area contributed by atoms with Crippen LogP contribution in [0.25, 0.3) is 0 Å². The first-order valence-corrected chi connectivity index (χ1v) is 7.45. The first-order chi connectivity index (χ1) is 7.52. The van der Waals surface area contributed by atoms with Crippen molar-refractivity contribution >= 4 is 10.0 Å². The molecule has 0 saturated carbocycles. The van der Waals surface area contributed by atoms with Crippen molar-refractivity contribution in [3.05, 3.63) is 0 Å². The minimum absolute atomic E-state index is 0.163. The van der Waals surface area contributed by atoms with Gasteiger partial charge in [0.25, 0.3) is 0 Å². The molecule has 0 aliphatic carbocycles. The molecule has 0 aliphatic rings. The van der Waals surface area contributed by atoms with Crippen molar-refractivity contribution < 1.29 is 13.2 Å². The molecule has 98 valence electrons. The van der Waals surface area contributed by atoms with E-state index in [1.54, 1.807) is 6.92 Å². The van der Waals surface area contributed by atoms with Crippen LogP contribution in [0.2, 0.25) is 0 Å². The van der Waals surface area contributed by atoms with Crippen molar-refractivity contribution in [2.24, 2.45) is 0 Å². The quantitative estimate of drug-likeness (QED) is 0.550. The summed E-state index contributed by atoms with van der Waals surface area (Å²) in [7, 11) is -3.16. The van der Waals surface area contributed by atoms with E-state index in [0.29, 0.717) is 19.6 Å². The molecule has 0 aromatic carbocycles. The molecule has 1 atom stereocenters. The van der Waals surface area contributed by atoms with E-state index in [1.807, 2.05) is 13.8 Å². The lowest BCUT2D eigenvalue weighted by Gasteiger charge is -2.13. The van der Waals surface area contributed by atoms with Gasteiger partial charge in [-0.25, -0.2) is 13.1 Å². The lowest BCUT2D eigenvalue weighted by Crippen LogP contribution is -2.37. The molecule has 6 heteroatoms. The summed E-state index contributed by atoms with van der Waals surface area (Å²) in [5.74, 6) is 0.163. The minimum atomic E-state index is -3.16. The molecule has 2 N–H and O–H groups in total. The van der Waals surface area contributed by atoms with Crippen LogP contribution < -0.4 is 10.0 Å². The van der Waals surface area contributed by atoms with E-state index in [0.717, 1.165) is 13.1 Å². The molecule has 16 heavy (non-hydrogen) atoms. The maximum absolute atomic E-state index is 11.6. The summed E-state index contributed by atoms with van der Waals surface area (Å²) in [6.45, 7) is 8.31. The molecular formula is C10H24N2O3S. The highest BCUT2D eigenvalue weighted by Crippen LogP contribution is 1.93. The van der Waals surface area contributed by atoms with Crippen LogP contribution in [0, 0.1) is 0 Å². The largest absolute Gasteiger partial charge is 0.380 e. The van der Waals surface area contributed by atoms with Crippen molar-refractivity contribution in [1.29, 1.82) is 0 Å². The van der Waals surface area contributed by atoms with Crippen LogP contribution in [0.4, 0.5) is 0 Å². The van der Waals surface area contributed by atoms with Crippen molar-refractivity contribution in [1.82, 2.24) is 10.0 Å². The van der Waals surface area contributed by atoms with Crippen molar-refractivity contribution in [3.63, 3.8) is 0 Å². The zero-order valence-corrected chi connectivity index (χ0v) is 11.3. The molecule has 0 rings (SSSR count). The Hall–Kier alpha value is -0.170. The first kappa shape index (κ1) is 15.8. The number of ether oxygens (including phenoxy) is 1. The zero-order chi connectivity index (χ0) is 12.4. The maximum Gasteiger partial charge on any atom is 0.211 e. The Labute approximate surface area is 99.0 Å². The highest BCUT2D eigenvalue weighted by molar-refractivity contribution is 7.89. The van der Waals surface area contributed by atoms with Crippen LogP contribution in [-0.2, 0) is 14.8 Å². The van der Waals surface area contributed by atoms with Crippen molar-refractivity contribution in [2.45, 2.75) is 33.2 Å². The number of rotatable bonds is 10. The lowest BCUT2D eigenvalue weighted by molar-refractivity contribution is 0.133. The Morgan fingerprint density at radius 3 is 2.56 bits per heavy atom.